The molecule has 29 heavy (non-hydrogen) atoms. The van der Waals surface area contributed by atoms with Gasteiger partial charge in [0.05, 0.1) is 10.7 Å². The van der Waals surface area contributed by atoms with Crippen LogP contribution in [0.3, 0.4) is 0 Å². The molecule has 1 amide bonds. The molecule has 0 bridgehead atoms. The van der Waals surface area contributed by atoms with Gasteiger partial charge in [0, 0.05) is 29.6 Å². The zero-order valence-electron chi connectivity index (χ0n) is 14.8. The van der Waals surface area contributed by atoms with Gasteiger partial charge in [0.1, 0.15) is 5.75 Å². The Morgan fingerprint density at radius 1 is 1.24 bits per heavy atom. The number of phenolic OH excluding ortho intramolecular Hbond substituents is 1. The summed E-state index contributed by atoms with van der Waals surface area (Å²) < 4.78 is 0.595. The number of para-hydroxylation sites is 1. The van der Waals surface area contributed by atoms with Crippen LogP contribution in [0.1, 0.15) is 5.56 Å². The van der Waals surface area contributed by atoms with Crippen molar-refractivity contribution in [3.05, 3.63) is 70.4 Å². The first kappa shape index (κ1) is 20.3. The standard InChI is InChI=1S/C18H15N5O4S2/c24-15-7-2-1-4-12(15)8-9-19-17-21-22-18(29-17)28-11-16(25)20-13-5-3-6-14(10-13)23(26)27/h1-10,24H,11H2,(H,19,21)(H,20,25)/b9-8+. The fourth-order valence-electron chi connectivity index (χ4n) is 2.18. The van der Waals surface area contributed by atoms with Gasteiger partial charge < -0.3 is 15.7 Å². The van der Waals surface area contributed by atoms with Crippen LogP contribution in [0, 0.1) is 10.1 Å². The molecule has 0 radical (unpaired) electrons. The quantitative estimate of drug-likeness (QED) is 0.279. The number of thioether (sulfide) groups is 1. The van der Waals surface area contributed by atoms with Crippen LogP contribution in [-0.2, 0) is 4.79 Å². The number of nitrogens with one attached hydrogen (secondary N) is 2. The topological polar surface area (TPSA) is 130 Å². The number of rotatable bonds is 8. The average Bonchev–Trinajstić information content (AvgIpc) is 3.16. The number of hydrogen-bond donors (Lipinski definition) is 3. The maximum absolute atomic E-state index is 12.0. The number of carbonyl (C=O) groups excluding carboxylic acids is 1. The summed E-state index contributed by atoms with van der Waals surface area (Å²) in [5.41, 5.74) is 0.933. The molecule has 3 aromatic rings. The van der Waals surface area contributed by atoms with Gasteiger partial charge in [-0.25, -0.2) is 0 Å². The Labute approximate surface area is 173 Å². The smallest absolute Gasteiger partial charge is 0.271 e. The molecule has 3 rings (SSSR count). The molecule has 0 spiro atoms. The van der Waals surface area contributed by atoms with Crippen molar-refractivity contribution in [2.75, 3.05) is 16.4 Å². The second kappa shape index (κ2) is 9.66. The minimum absolute atomic E-state index is 0.0883. The molecule has 0 aliphatic rings. The number of benzene rings is 2. The van der Waals surface area contributed by atoms with Gasteiger partial charge >= 0.3 is 0 Å². The summed E-state index contributed by atoms with van der Waals surface area (Å²) in [6.45, 7) is 0. The molecule has 148 valence electrons. The molecule has 0 fully saturated rings. The van der Waals surface area contributed by atoms with Gasteiger partial charge in [-0.15, -0.1) is 10.2 Å². The molecule has 11 heteroatoms. The maximum atomic E-state index is 12.0. The third-order valence-electron chi connectivity index (χ3n) is 3.48. The summed E-state index contributed by atoms with van der Waals surface area (Å²) in [7, 11) is 0. The van der Waals surface area contributed by atoms with Crippen LogP contribution in [0.5, 0.6) is 5.75 Å². The van der Waals surface area contributed by atoms with Crippen molar-refractivity contribution in [2.24, 2.45) is 0 Å². The number of anilines is 2. The molecule has 2 aromatic carbocycles. The number of aromatic hydroxyl groups is 1. The van der Waals surface area contributed by atoms with Crippen molar-refractivity contribution >= 4 is 51.6 Å². The molecule has 9 nitrogen and oxygen atoms in total. The van der Waals surface area contributed by atoms with Gasteiger partial charge in [0.25, 0.3) is 5.69 Å². The van der Waals surface area contributed by atoms with Crippen LogP contribution in [0.25, 0.3) is 6.08 Å². The fraction of sp³-hybridized carbons (Fsp3) is 0.0556. The summed E-state index contributed by atoms with van der Waals surface area (Å²) in [5.74, 6) is -0.0427. The molecular weight excluding hydrogens is 414 g/mol. The highest BCUT2D eigenvalue weighted by Gasteiger charge is 2.10. The largest absolute Gasteiger partial charge is 0.507 e. The van der Waals surface area contributed by atoms with Crippen molar-refractivity contribution in [3.8, 4) is 5.75 Å². The van der Waals surface area contributed by atoms with E-state index in [0.29, 0.717) is 20.7 Å². The normalized spacial score (nSPS) is 10.8. The Morgan fingerprint density at radius 3 is 2.86 bits per heavy atom. The van der Waals surface area contributed by atoms with Crippen LogP contribution in [0.15, 0.2) is 59.1 Å². The zero-order valence-corrected chi connectivity index (χ0v) is 16.4. The summed E-state index contributed by atoms with van der Waals surface area (Å²) >= 11 is 2.48. The summed E-state index contributed by atoms with van der Waals surface area (Å²) in [5, 5.41) is 34.6. The monoisotopic (exact) mass is 429 g/mol. The van der Waals surface area contributed by atoms with E-state index in [2.05, 4.69) is 20.8 Å². The van der Waals surface area contributed by atoms with Crippen molar-refractivity contribution in [1.29, 1.82) is 0 Å². The maximum Gasteiger partial charge on any atom is 0.271 e. The number of aromatic nitrogens is 2. The highest BCUT2D eigenvalue weighted by atomic mass is 32.2. The summed E-state index contributed by atoms with van der Waals surface area (Å²) in [6, 6.07) is 12.7. The van der Waals surface area contributed by atoms with Crippen molar-refractivity contribution in [2.45, 2.75) is 4.34 Å². The van der Waals surface area contributed by atoms with E-state index >= 15 is 0 Å². The third-order valence-corrected chi connectivity index (χ3v) is 5.47. The van der Waals surface area contributed by atoms with Gasteiger partial charge in [-0.3, -0.25) is 14.9 Å². The SMILES string of the molecule is O=C(CSc1nnc(N/C=C/c2ccccc2O)s1)Nc1cccc([N+](=O)[O-])c1. The highest BCUT2D eigenvalue weighted by Crippen LogP contribution is 2.26. The number of nitro benzene ring substituents is 1. The third kappa shape index (κ3) is 6.02. The molecule has 0 atom stereocenters. The van der Waals surface area contributed by atoms with E-state index in [9.17, 15) is 20.0 Å². The first-order chi connectivity index (χ1) is 14.0. The number of nitro groups is 1. The summed E-state index contributed by atoms with van der Waals surface area (Å²) in [4.78, 5) is 22.3. The molecule has 0 aliphatic heterocycles. The lowest BCUT2D eigenvalue weighted by Gasteiger charge is -2.03. The number of amides is 1. The van der Waals surface area contributed by atoms with Gasteiger partial charge in [-0.1, -0.05) is 47.4 Å². The number of phenols is 1. The minimum atomic E-state index is -0.520. The second-order valence-corrected chi connectivity index (χ2v) is 7.75. The lowest BCUT2D eigenvalue weighted by atomic mass is 10.2. The number of nitrogens with zero attached hydrogens (tertiary/aromatic N) is 3. The molecule has 0 unspecified atom stereocenters. The van der Waals surface area contributed by atoms with Gasteiger partial charge in [-0.05, 0) is 18.2 Å². The van der Waals surface area contributed by atoms with Crippen LogP contribution in [-0.4, -0.2) is 31.9 Å². The Morgan fingerprint density at radius 2 is 2.07 bits per heavy atom. The van der Waals surface area contributed by atoms with E-state index in [1.54, 1.807) is 36.5 Å². The predicted molar refractivity (Wildman–Crippen MR) is 113 cm³/mol. The zero-order chi connectivity index (χ0) is 20.6. The summed E-state index contributed by atoms with van der Waals surface area (Å²) in [6.07, 6.45) is 3.34. The van der Waals surface area contributed by atoms with Crippen LogP contribution < -0.4 is 10.6 Å². The predicted octanol–water partition coefficient (Wildman–Crippen LogP) is 3.97. The number of non-ortho nitro benzene ring substituents is 1. The average molecular weight is 429 g/mol. The lowest BCUT2D eigenvalue weighted by molar-refractivity contribution is -0.384. The van der Waals surface area contributed by atoms with Gasteiger partial charge in [-0.2, -0.15) is 0 Å². The van der Waals surface area contributed by atoms with Crippen molar-refractivity contribution in [3.63, 3.8) is 0 Å². The molecule has 0 aliphatic carbocycles. The van der Waals surface area contributed by atoms with Crippen LogP contribution >= 0.6 is 23.1 Å². The Hall–Kier alpha value is -3.44. The van der Waals surface area contributed by atoms with E-state index < -0.39 is 4.92 Å². The first-order valence-electron chi connectivity index (χ1n) is 8.23. The Kier molecular flexibility index (Phi) is 6.76. The van der Waals surface area contributed by atoms with Gasteiger partial charge in [0.15, 0.2) is 4.34 Å². The first-order valence-corrected chi connectivity index (χ1v) is 10.0. The van der Waals surface area contributed by atoms with Crippen LogP contribution in [0.2, 0.25) is 0 Å². The van der Waals surface area contributed by atoms with Crippen molar-refractivity contribution in [1.82, 2.24) is 10.2 Å². The van der Waals surface area contributed by atoms with E-state index in [-0.39, 0.29) is 23.1 Å². The molecule has 1 heterocycles. The molecular formula is C18H15N5O4S2. The highest BCUT2D eigenvalue weighted by molar-refractivity contribution is 8.01. The number of hydrogen-bond acceptors (Lipinski definition) is 9. The van der Waals surface area contributed by atoms with E-state index in [4.69, 9.17) is 0 Å². The van der Waals surface area contributed by atoms with Crippen molar-refractivity contribution < 1.29 is 14.8 Å². The van der Waals surface area contributed by atoms with Crippen LogP contribution in [0.4, 0.5) is 16.5 Å². The Bertz CT molecular complexity index is 1050. The van der Waals surface area contributed by atoms with E-state index in [1.165, 1.54) is 41.3 Å². The molecule has 0 saturated carbocycles. The minimum Gasteiger partial charge on any atom is -0.507 e. The fourth-order valence-corrected chi connectivity index (χ4v) is 3.71. The van der Waals surface area contributed by atoms with E-state index in [0.717, 1.165) is 0 Å². The van der Waals surface area contributed by atoms with E-state index in [1.807, 2.05) is 6.07 Å². The molecule has 0 saturated heterocycles. The number of carbonyl (C=O) groups is 1. The molecule has 1 aromatic heterocycles. The second-order valence-electron chi connectivity index (χ2n) is 5.55. The Balaban J connectivity index is 1.49. The lowest BCUT2D eigenvalue weighted by Crippen LogP contribution is -2.14. The van der Waals surface area contributed by atoms with Gasteiger partial charge in [0.2, 0.25) is 11.0 Å². The molecule has 3 N–H and O–H groups in total.